The number of ether oxygens (including phenoxy) is 2. The van der Waals surface area contributed by atoms with Crippen LogP contribution in [0.3, 0.4) is 0 Å². The SMILES string of the molecule is COc1ccccc1/C=C(/C(=O)OCc1nc(-c2ccccc2)oc1C)c1ccccc1. The molecule has 0 atom stereocenters. The number of carbonyl (C=O) groups is 1. The number of aryl methyl sites for hydroxylation is 1. The molecule has 32 heavy (non-hydrogen) atoms. The molecule has 5 heteroatoms. The van der Waals surface area contributed by atoms with Gasteiger partial charge in [0.25, 0.3) is 0 Å². The molecule has 0 aliphatic rings. The summed E-state index contributed by atoms with van der Waals surface area (Å²) in [6.45, 7) is 1.82. The maximum absolute atomic E-state index is 13.1. The Bertz CT molecular complexity index is 1230. The topological polar surface area (TPSA) is 61.6 Å². The molecular weight excluding hydrogens is 402 g/mol. The molecule has 4 aromatic rings. The molecule has 0 N–H and O–H groups in total. The molecule has 0 radical (unpaired) electrons. The lowest BCUT2D eigenvalue weighted by Crippen LogP contribution is -2.08. The lowest BCUT2D eigenvalue weighted by molar-refractivity contribution is -0.137. The summed E-state index contributed by atoms with van der Waals surface area (Å²) >= 11 is 0. The van der Waals surface area contributed by atoms with E-state index >= 15 is 0 Å². The number of nitrogens with zero attached hydrogens (tertiary/aromatic N) is 1. The van der Waals surface area contributed by atoms with Crippen LogP contribution in [0, 0.1) is 6.92 Å². The zero-order chi connectivity index (χ0) is 22.3. The van der Waals surface area contributed by atoms with E-state index in [1.165, 1.54) is 0 Å². The van der Waals surface area contributed by atoms with Crippen LogP contribution in [0.5, 0.6) is 5.75 Å². The molecule has 3 aromatic carbocycles. The van der Waals surface area contributed by atoms with Crippen molar-refractivity contribution in [1.29, 1.82) is 0 Å². The summed E-state index contributed by atoms with van der Waals surface area (Å²) in [6, 6.07) is 26.5. The van der Waals surface area contributed by atoms with Crippen molar-refractivity contribution < 1.29 is 18.7 Å². The van der Waals surface area contributed by atoms with E-state index in [9.17, 15) is 4.79 Å². The van der Waals surface area contributed by atoms with Gasteiger partial charge in [-0.3, -0.25) is 0 Å². The number of esters is 1. The maximum atomic E-state index is 13.1. The van der Waals surface area contributed by atoms with Crippen molar-refractivity contribution in [3.63, 3.8) is 0 Å². The predicted octanol–water partition coefficient (Wildman–Crippen LogP) is 5.94. The van der Waals surface area contributed by atoms with Crippen LogP contribution in [0.2, 0.25) is 0 Å². The third-order valence-electron chi connectivity index (χ3n) is 5.00. The molecule has 160 valence electrons. The molecule has 0 aliphatic carbocycles. The Morgan fingerprint density at radius 2 is 1.59 bits per heavy atom. The molecule has 4 rings (SSSR count). The number of para-hydroxylation sites is 1. The molecule has 0 bridgehead atoms. The van der Waals surface area contributed by atoms with Crippen LogP contribution in [0.15, 0.2) is 89.3 Å². The van der Waals surface area contributed by atoms with Crippen LogP contribution in [-0.4, -0.2) is 18.1 Å². The number of hydrogen-bond acceptors (Lipinski definition) is 5. The van der Waals surface area contributed by atoms with Crippen molar-refractivity contribution in [2.45, 2.75) is 13.5 Å². The van der Waals surface area contributed by atoms with Gasteiger partial charge in [0.1, 0.15) is 23.8 Å². The molecule has 0 saturated heterocycles. The first kappa shape index (κ1) is 21.1. The molecule has 5 nitrogen and oxygen atoms in total. The zero-order valence-electron chi connectivity index (χ0n) is 17.9. The van der Waals surface area contributed by atoms with E-state index in [1.54, 1.807) is 13.2 Å². The molecule has 0 saturated carbocycles. The summed E-state index contributed by atoms with van der Waals surface area (Å²) in [4.78, 5) is 17.6. The van der Waals surface area contributed by atoms with Crippen LogP contribution >= 0.6 is 0 Å². The number of hydrogen-bond donors (Lipinski definition) is 0. The third-order valence-corrected chi connectivity index (χ3v) is 5.00. The lowest BCUT2D eigenvalue weighted by atomic mass is 10.0. The van der Waals surface area contributed by atoms with Crippen molar-refractivity contribution in [3.05, 3.63) is 108 Å². The summed E-state index contributed by atoms with van der Waals surface area (Å²) in [6.07, 6.45) is 1.78. The quantitative estimate of drug-likeness (QED) is 0.208. The standard InChI is InChI=1S/C27H23NO4/c1-19-24(28-26(32-19)21-13-7-4-8-14-21)18-31-27(29)23(20-11-5-3-6-12-20)17-22-15-9-10-16-25(22)30-2/h3-17H,18H2,1-2H3/b23-17+. The number of benzene rings is 3. The van der Waals surface area contributed by atoms with Crippen LogP contribution in [-0.2, 0) is 16.1 Å². The first-order chi connectivity index (χ1) is 15.7. The van der Waals surface area contributed by atoms with Crippen molar-refractivity contribution >= 4 is 17.6 Å². The molecule has 1 aromatic heterocycles. The minimum atomic E-state index is -0.453. The van der Waals surface area contributed by atoms with Gasteiger partial charge in [0.15, 0.2) is 0 Å². The Morgan fingerprint density at radius 1 is 0.938 bits per heavy atom. The van der Waals surface area contributed by atoms with Gasteiger partial charge < -0.3 is 13.9 Å². The van der Waals surface area contributed by atoms with E-state index < -0.39 is 5.97 Å². The van der Waals surface area contributed by atoms with Crippen LogP contribution in [0.1, 0.15) is 22.6 Å². The van der Waals surface area contributed by atoms with Gasteiger partial charge in [-0.05, 0) is 36.8 Å². The second-order valence-corrected chi connectivity index (χ2v) is 7.13. The van der Waals surface area contributed by atoms with Gasteiger partial charge in [0.2, 0.25) is 5.89 Å². The normalized spacial score (nSPS) is 11.2. The Balaban J connectivity index is 1.59. The van der Waals surface area contributed by atoms with Gasteiger partial charge in [0, 0.05) is 11.1 Å². The minimum Gasteiger partial charge on any atom is -0.496 e. The second-order valence-electron chi connectivity index (χ2n) is 7.13. The van der Waals surface area contributed by atoms with Crippen LogP contribution < -0.4 is 4.74 Å². The van der Waals surface area contributed by atoms with Crippen LogP contribution in [0.25, 0.3) is 23.1 Å². The number of oxazole rings is 1. The fourth-order valence-electron chi connectivity index (χ4n) is 3.30. The van der Waals surface area contributed by atoms with Crippen molar-refractivity contribution in [2.75, 3.05) is 7.11 Å². The fourth-order valence-corrected chi connectivity index (χ4v) is 3.30. The average molecular weight is 425 g/mol. The zero-order valence-corrected chi connectivity index (χ0v) is 17.9. The summed E-state index contributed by atoms with van der Waals surface area (Å²) in [5.74, 6) is 1.34. The predicted molar refractivity (Wildman–Crippen MR) is 124 cm³/mol. The molecule has 0 aliphatic heterocycles. The van der Waals surface area contributed by atoms with Gasteiger partial charge in [0.05, 0.1) is 12.7 Å². The molecule has 0 amide bonds. The Morgan fingerprint density at radius 3 is 2.31 bits per heavy atom. The van der Waals surface area contributed by atoms with E-state index in [0.717, 1.165) is 16.7 Å². The molecule has 1 heterocycles. The largest absolute Gasteiger partial charge is 0.496 e. The monoisotopic (exact) mass is 425 g/mol. The lowest BCUT2D eigenvalue weighted by Gasteiger charge is -2.10. The highest BCUT2D eigenvalue weighted by atomic mass is 16.5. The van der Waals surface area contributed by atoms with E-state index in [4.69, 9.17) is 13.9 Å². The maximum Gasteiger partial charge on any atom is 0.339 e. The van der Waals surface area contributed by atoms with Crippen molar-refractivity contribution in [2.24, 2.45) is 0 Å². The second kappa shape index (κ2) is 9.79. The fraction of sp³-hybridized carbons (Fsp3) is 0.111. The van der Waals surface area contributed by atoms with Gasteiger partial charge >= 0.3 is 5.97 Å². The summed E-state index contributed by atoms with van der Waals surface area (Å²) in [7, 11) is 1.60. The number of carbonyl (C=O) groups excluding carboxylic acids is 1. The van der Waals surface area contributed by atoms with Gasteiger partial charge in [-0.25, -0.2) is 9.78 Å². The third kappa shape index (κ3) is 4.78. The Labute approximate surface area is 187 Å². The summed E-state index contributed by atoms with van der Waals surface area (Å²) in [5.41, 5.74) is 3.43. The summed E-state index contributed by atoms with van der Waals surface area (Å²) in [5, 5.41) is 0. The van der Waals surface area contributed by atoms with Gasteiger partial charge in [-0.15, -0.1) is 0 Å². The summed E-state index contributed by atoms with van der Waals surface area (Å²) < 4.78 is 16.9. The van der Waals surface area contributed by atoms with Crippen molar-refractivity contribution in [3.8, 4) is 17.2 Å². The first-order valence-corrected chi connectivity index (χ1v) is 10.2. The first-order valence-electron chi connectivity index (χ1n) is 10.2. The molecule has 0 spiro atoms. The van der Waals surface area contributed by atoms with E-state index in [0.29, 0.717) is 28.7 Å². The average Bonchev–Trinajstić information content (AvgIpc) is 3.22. The van der Waals surface area contributed by atoms with Gasteiger partial charge in [-0.1, -0.05) is 66.7 Å². The van der Waals surface area contributed by atoms with Crippen LogP contribution in [0.4, 0.5) is 0 Å². The minimum absolute atomic E-state index is 0.0110. The van der Waals surface area contributed by atoms with E-state index in [-0.39, 0.29) is 6.61 Å². The Hall–Kier alpha value is -4.12. The van der Waals surface area contributed by atoms with E-state index in [2.05, 4.69) is 4.98 Å². The highest BCUT2D eigenvalue weighted by Gasteiger charge is 2.18. The van der Waals surface area contributed by atoms with Gasteiger partial charge in [-0.2, -0.15) is 0 Å². The molecule has 0 unspecified atom stereocenters. The molecule has 0 fully saturated rings. The highest BCUT2D eigenvalue weighted by molar-refractivity contribution is 6.21. The van der Waals surface area contributed by atoms with E-state index in [1.807, 2.05) is 91.9 Å². The number of aromatic nitrogens is 1. The number of methoxy groups -OCH3 is 1. The Kier molecular flexibility index (Phi) is 6.46. The number of rotatable bonds is 7. The highest BCUT2D eigenvalue weighted by Crippen LogP contribution is 2.27. The smallest absolute Gasteiger partial charge is 0.339 e. The van der Waals surface area contributed by atoms with Crippen molar-refractivity contribution in [1.82, 2.24) is 4.98 Å². The molecular formula is C27H23NO4.